The molecule has 0 radical (unpaired) electrons. The van der Waals surface area contributed by atoms with E-state index in [2.05, 4.69) is 16.8 Å². The van der Waals surface area contributed by atoms with Crippen LogP contribution in [0.25, 0.3) is 0 Å². The normalized spacial score (nSPS) is 20.2. The van der Waals surface area contributed by atoms with Crippen LogP contribution in [0.5, 0.6) is 11.5 Å². The minimum absolute atomic E-state index is 0.289. The topological polar surface area (TPSA) is 18.5 Å². The summed E-state index contributed by atoms with van der Waals surface area (Å²) in [5.74, 6) is 1.97. The van der Waals surface area contributed by atoms with Crippen LogP contribution in [0.3, 0.4) is 0 Å². The van der Waals surface area contributed by atoms with Gasteiger partial charge in [-0.1, -0.05) is 0 Å². The van der Waals surface area contributed by atoms with Gasteiger partial charge in [0.15, 0.2) is 0 Å². The fourth-order valence-electron chi connectivity index (χ4n) is 1.44. The molecule has 1 unspecified atom stereocenters. The zero-order valence-electron chi connectivity index (χ0n) is 7.79. The van der Waals surface area contributed by atoms with E-state index in [1.54, 1.807) is 0 Å². The van der Waals surface area contributed by atoms with Crippen LogP contribution in [0, 0.1) is 0 Å². The van der Waals surface area contributed by atoms with E-state index in [4.69, 9.17) is 9.47 Å². The number of hydrogen-bond donors (Lipinski definition) is 0. The fourth-order valence-corrected chi connectivity index (χ4v) is 2.84. The van der Waals surface area contributed by atoms with Crippen molar-refractivity contribution < 1.29 is 9.47 Å². The standard InChI is InChI=1S/C10H14O2Se/c1-2-3-4-8-5-11-9-6-13-7-10(9)12-8/h6-8H,2-5H2,1H3. The summed E-state index contributed by atoms with van der Waals surface area (Å²) in [6.45, 7) is 2.94. The van der Waals surface area contributed by atoms with Gasteiger partial charge in [-0.3, -0.25) is 0 Å². The van der Waals surface area contributed by atoms with Crippen molar-refractivity contribution in [3.8, 4) is 11.5 Å². The van der Waals surface area contributed by atoms with Crippen LogP contribution < -0.4 is 9.47 Å². The molecule has 1 aliphatic rings. The van der Waals surface area contributed by atoms with Crippen LogP contribution in [-0.2, 0) is 0 Å². The van der Waals surface area contributed by atoms with Crippen molar-refractivity contribution in [1.82, 2.24) is 0 Å². The number of ether oxygens (including phenoxy) is 2. The third-order valence-electron chi connectivity index (χ3n) is 2.19. The summed E-state index contributed by atoms with van der Waals surface area (Å²) in [6.07, 6.45) is 3.86. The van der Waals surface area contributed by atoms with Gasteiger partial charge in [-0.2, -0.15) is 0 Å². The quantitative estimate of drug-likeness (QED) is 0.759. The Kier molecular flexibility index (Phi) is 2.97. The molecule has 3 heteroatoms. The zero-order valence-corrected chi connectivity index (χ0v) is 9.50. The molecule has 13 heavy (non-hydrogen) atoms. The molecule has 1 aliphatic heterocycles. The monoisotopic (exact) mass is 246 g/mol. The predicted molar refractivity (Wildman–Crippen MR) is 52.8 cm³/mol. The summed E-state index contributed by atoms with van der Waals surface area (Å²) in [6, 6.07) is 0. The number of hydrogen-bond acceptors (Lipinski definition) is 2. The molecule has 0 fully saturated rings. The van der Waals surface area contributed by atoms with Gasteiger partial charge in [0.2, 0.25) is 0 Å². The maximum atomic E-state index is 5.80. The molecule has 2 heterocycles. The Balaban J connectivity index is 1.93. The molecule has 2 rings (SSSR count). The van der Waals surface area contributed by atoms with Gasteiger partial charge in [-0.25, -0.2) is 0 Å². The van der Waals surface area contributed by atoms with Gasteiger partial charge in [0.05, 0.1) is 0 Å². The van der Waals surface area contributed by atoms with Crippen LogP contribution in [0.15, 0.2) is 9.88 Å². The van der Waals surface area contributed by atoms with Crippen molar-refractivity contribution in [2.24, 2.45) is 0 Å². The van der Waals surface area contributed by atoms with E-state index < -0.39 is 0 Å². The van der Waals surface area contributed by atoms with Gasteiger partial charge in [0.25, 0.3) is 0 Å². The zero-order chi connectivity index (χ0) is 9.10. The van der Waals surface area contributed by atoms with Crippen LogP contribution in [0.1, 0.15) is 26.2 Å². The molecule has 0 N–H and O–H groups in total. The molecular formula is C10H14O2Se. The van der Waals surface area contributed by atoms with Crippen LogP contribution >= 0.6 is 0 Å². The number of fused-ring (bicyclic) bond motifs is 1. The summed E-state index contributed by atoms with van der Waals surface area (Å²) in [4.78, 5) is 4.29. The van der Waals surface area contributed by atoms with Crippen molar-refractivity contribution in [3.63, 3.8) is 0 Å². The average molecular weight is 245 g/mol. The SMILES string of the molecule is CCCCC1COc2c[se]cc2O1. The second-order valence-corrected chi connectivity index (χ2v) is 4.85. The van der Waals surface area contributed by atoms with Gasteiger partial charge in [-0.05, 0) is 0 Å². The Labute approximate surface area is 84.6 Å². The van der Waals surface area contributed by atoms with E-state index in [1.807, 2.05) is 0 Å². The first-order chi connectivity index (χ1) is 6.40. The Bertz CT molecular complexity index is 270. The Hall–Kier alpha value is -0.401. The third kappa shape index (κ3) is 2.09. The van der Waals surface area contributed by atoms with Gasteiger partial charge in [0, 0.05) is 0 Å². The first kappa shape index (κ1) is 9.17. The van der Waals surface area contributed by atoms with Crippen LogP contribution in [0.4, 0.5) is 0 Å². The molecule has 72 valence electrons. The average Bonchev–Trinajstić information content (AvgIpc) is 2.61. The van der Waals surface area contributed by atoms with Crippen molar-refractivity contribution in [2.45, 2.75) is 32.3 Å². The molecule has 0 spiro atoms. The van der Waals surface area contributed by atoms with E-state index in [1.165, 1.54) is 12.8 Å². The van der Waals surface area contributed by atoms with Gasteiger partial charge in [0.1, 0.15) is 0 Å². The fraction of sp³-hybridized carbons (Fsp3) is 0.600. The van der Waals surface area contributed by atoms with Gasteiger partial charge < -0.3 is 0 Å². The molecule has 0 amide bonds. The van der Waals surface area contributed by atoms with Crippen molar-refractivity contribution in [2.75, 3.05) is 6.61 Å². The first-order valence-corrected chi connectivity index (χ1v) is 6.73. The minimum atomic E-state index is 0.289. The van der Waals surface area contributed by atoms with E-state index in [-0.39, 0.29) is 6.10 Å². The summed E-state index contributed by atoms with van der Waals surface area (Å²) in [7, 11) is 0. The van der Waals surface area contributed by atoms with Gasteiger partial charge >= 0.3 is 84.3 Å². The molecule has 0 aromatic carbocycles. The van der Waals surface area contributed by atoms with Crippen LogP contribution in [0.2, 0.25) is 0 Å². The van der Waals surface area contributed by atoms with Crippen molar-refractivity contribution in [3.05, 3.63) is 9.88 Å². The van der Waals surface area contributed by atoms with Crippen molar-refractivity contribution >= 4 is 14.5 Å². The van der Waals surface area contributed by atoms with E-state index in [0.29, 0.717) is 14.5 Å². The summed E-state index contributed by atoms with van der Waals surface area (Å²) in [5, 5.41) is 0. The first-order valence-electron chi connectivity index (χ1n) is 4.75. The molecule has 0 saturated heterocycles. The van der Waals surface area contributed by atoms with Gasteiger partial charge in [-0.15, -0.1) is 0 Å². The summed E-state index contributed by atoms with van der Waals surface area (Å²) < 4.78 is 11.4. The molecule has 0 aliphatic carbocycles. The molecule has 2 nitrogen and oxygen atoms in total. The van der Waals surface area contributed by atoms with Crippen molar-refractivity contribution in [1.29, 1.82) is 0 Å². The second kappa shape index (κ2) is 4.21. The number of unbranched alkanes of at least 4 members (excludes halogenated alkanes) is 1. The Morgan fingerprint density at radius 1 is 1.46 bits per heavy atom. The molecular weight excluding hydrogens is 231 g/mol. The Morgan fingerprint density at radius 3 is 3.15 bits per heavy atom. The molecule has 1 aromatic rings. The maximum absolute atomic E-state index is 5.80. The summed E-state index contributed by atoms with van der Waals surface area (Å²) >= 11 is 0.463. The molecule has 0 saturated carbocycles. The molecule has 1 atom stereocenters. The van der Waals surface area contributed by atoms with E-state index >= 15 is 0 Å². The molecule has 0 bridgehead atoms. The Morgan fingerprint density at radius 2 is 2.31 bits per heavy atom. The second-order valence-electron chi connectivity index (χ2n) is 3.29. The predicted octanol–water partition coefficient (Wildman–Crippen LogP) is 2.07. The summed E-state index contributed by atoms with van der Waals surface area (Å²) in [5.41, 5.74) is 0. The molecule has 1 aromatic heterocycles. The van der Waals surface area contributed by atoms with E-state index in [9.17, 15) is 0 Å². The van der Waals surface area contributed by atoms with Crippen LogP contribution in [-0.4, -0.2) is 27.2 Å². The van der Waals surface area contributed by atoms with E-state index in [0.717, 1.165) is 24.5 Å². The third-order valence-corrected chi connectivity index (χ3v) is 3.66. The number of rotatable bonds is 3.